The zero-order valence-electron chi connectivity index (χ0n) is 11.3. The van der Waals surface area contributed by atoms with Gasteiger partial charge in [-0.15, -0.1) is 0 Å². The van der Waals surface area contributed by atoms with Crippen molar-refractivity contribution >= 4 is 0 Å². The van der Waals surface area contributed by atoms with E-state index in [9.17, 15) is 5.11 Å². The van der Waals surface area contributed by atoms with Crippen molar-refractivity contribution in [2.45, 2.75) is 33.3 Å². The van der Waals surface area contributed by atoms with E-state index in [0.717, 1.165) is 31.6 Å². The first kappa shape index (κ1) is 14.2. The Bertz CT molecular complexity index is 295. The van der Waals surface area contributed by atoms with Crippen LogP contribution in [0.5, 0.6) is 0 Å². The SMILES string of the molecule is CCC(CN(CC)CC)C(O)c1ccccc1. The van der Waals surface area contributed by atoms with Crippen molar-refractivity contribution in [1.29, 1.82) is 0 Å². The van der Waals surface area contributed by atoms with Crippen LogP contribution in [0.4, 0.5) is 0 Å². The average Bonchev–Trinajstić information content (AvgIpc) is 2.40. The van der Waals surface area contributed by atoms with Crippen LogP contribution in [0.15, 0.2) is 30.3 Å². The van der Waals surface area contributed by atoms with E-state index in [4.69, 9.17) is 0 Å². The Balaban J connectivity index is 2.67. The standard InChI is InChI=1S/C15H25NO/c1-4-13(12-16(5-2)6-3)15(17)14-10-8-7-9-11-14/h7-11,13,15,17H,4-6,12H2,1-3H3. The lowest BCUT2D eigenvalue weighted by molar-refractivity contribution is 0.0790. The molecule has 1 rings (SSSR count). The van der Waals surface area contributed by atoms with E-state index in [2.05, 4.69) is 25.7 Å². The molecule has 0 aliphatic rings. The van der Waals surface area contributed by atoms with Crippen LogP contribution in [0.25, 0.3) is 0 Å². The molecule has 0 aromatic heterocycles. The maximum Gasteiger partial charge on any atom is 0.0830 e. The first-order valence-corrected chi connectivity index (χ1v) is 6.68. The molecule has 0 fully saturated rings. The molecule has 0 radical (unpaired) electrons. The smallest absolute Gasteiger partial charge is 0.0830 e. The van der Waals surface area contributed by atoms with E-state index in [-0.39, 0.29) is 6.10 Å². The zero-order chi connectivity index (χ0) is 12.7. The lowest BCUT2D eigenvalue weighted by atomic mass is 9.93. The molecule has 2 nitrogen and oxygen atoms in total. The van der Waals surface area contributed by atoms with E-state index in [1.54, 1.807) is 0 Å². The van der Waals surface area contributed by atoms with Crippen LogP contribution in [-0.2, 0) is 0 Å². The van der Waals surface area contributed by atoms with Crippen LogP contribution in [0.2, 0.25) is 0 Å². The average molecular weight is 235 g/mol. The van der Waals surface area contributed by atoms with E-state index in [1.165, 1.54) is 0 Å². The van der Waals surface area contributed by atoms with Crippen molar-refractivity contribution in [2.24, 2.45) is 5.92 Å². The van der Waals surface area contributed by atoms with E-state index in [0.29, 0.717) is 5.92 Å². The Hall–Kier alpha value is -0.860. The number of hydrogen-bond acceptors (Lipinski definition) is 2. The van der Waals surface area contributed by atoms with Gasteiger partial charge in [0, 0.05) is 12.5 Å². The van der Waals surface area contributed by atoms with Gasteiger partial charge in [-0.3, -0.25) is 0 Å². The Morgan fingerprint density at radius 3 is 2.12 bits per heavy atom. The van der Waals surface area contributed by atoms with Crippen LogP contribution in [0.1, 0.15) is 38.9 Å². The van der Waals surface area contributed by atoms with Crippen molar-refractivity contribution in [2.75, 3.05) is 19.6 Å². The van der Waals surface area contributed by atoms with Crippen molar-refractivity contribution < 1.29 is 5.11 Å². The zero-order valence-corrected chi connectivity index (χ0v) is 11.3. The summed E-state index contributed by atoms with van der Waals surface area (Å²) in [6.07, 6.45) is 0.661. The quantitative estimate of drug-likeness (QED) is 0.785. The third-order valence-corrected chi connectivity index (χ3v) is 3.50. The van der Waals surface area contributed by atoms with Crippen LogP contribution in [-0.4, -0.2) is 29.6 Å². The van der Waals surface area contributed by atoms with Crippen molar-refractivity contribution in [3.63, 3.8) is 0 Å². The third-order valence-electron chi connectivity index (χ3n) is 3.50. The second-order valence-corrected chi connectivity index (χ2v) is 4.51. The van der Waals surface area contributed by atoms with Gasteiger partial charge in [-0.25, -0.2) is 0 Å². The molecule has 0 amide bonds. The van der Waals surface area contributed by atoms with Crippen molar-refractivity contribution in [1.82, 2.24) is 4.90 Å². The number of benzene rings is 1. The first-order chi connectivity index (χ1) is 8.22. The predicted molar refractivity (Wildman–Crippen MR) is 73.0 cm³/mol. The van der Waals surface area contributed by atoms with Gasteiger partial charge < -0.3 is 10.0 Å². The second kappa shape index (κ2) is 7.46. The molecule has 0 heterocycles. The molecule has 0 spiro atoms. The van der Waals surface area contributed by atoms with Gasteiger partial charge in [0.25, 0.3) is 0 Å². The fourth-order valence-corrected chi connectivity index (χ4v) is 2.19. The molecule has 1 aromatic rings. The molecule has 0 bridgehead atoms. The molecule has 96 valence electrons. The lowest BCUT2D eigenvalue weighted by Crippen LogP contribution is -2.31. The minimum atomic E-state index is -0.346. The maximum atomic E-state index is 10.4. The monoisotopic (exact) mass is 235 g/mol. The molecule has 2 unspecified atom stereocenters. The Morgan fingerprint density at radius 2 is 1.65 bits per heavy atom. The number of hydrogen-bond donors (Lipinski definition) is 1. The molecular formula is C15H25NO. The number of aliphatic hydroxyl groups is 1. The summed E-state index contributed by atoms with van der Waals surface area (Å²) in [6.45, 7) is 9.57. The predicted octanol–water partition coefficient (Wildman–Crippen LogP) is 3.09. The number of nitrogens with zero attached hydrogens (tertiary/aromatic N) is 1. The fourth-order valence-electron chi connectivity index (χ4n) is 2.19. The minimum absolute atomic E-state index is 0.317. The van der Waals surface area contributed by atoms with Crippen LogP contribution in [0.3, 0.4) is 0 Å². The van der Waals surface area contributed by atoms with Crippen molar-refractivity contribution in [3.8, 4) is 0 Å². The minimum Gasteiger partial charge on any atom is -0.388 e. The normalized spacial score (nSPS) is 14.9. The highest BCUT2D eigenvalue weighted by Crippen LogP contribution is 2.25. The topological polar surface area (TPSA) is 23.5 Å². The van der Waals surface area contributed by atoms with Gasteiger partial charge in [0.15, 0.2) is 0 Å². The van der Waals surface area contributed by atoms with Crippen LogP contribution in [0, 0.1) is 5.92 Å². The molecule has 2 atom stereocenters. The van der Waals surface area contributed by atoms with Gasteiger partial charge in [0.05, 0.1) is 6.10 Å². The van der Waals surface area contributed by atoms with Crippen LogP contribution < -0.4 is 0 Å². The number of rotatable bonds is 7. The Morgan fingerprint density at radius 1 is 1.06 bits per heavy atom. The van der Waals surface area contributed by atoms with Gasteiger partial charge in [0.2, 0.25) is 0 Å². The summed E-state index contributed by atoms with van der Waals surface area (Å²) in [4.78, 5) is 2.38. The molecule has 0 saturated carbocycles. The molecule has 1 aromatic carbocycles. The Kier molecular flexibility index (Phi) is 6.23. The summed E-state index contributed by atoms with van der Waals surface area (Å²) < 4.78 is 0. The molecule has 1 N–H and O–H groups in total. The summed E-state index contributed by atoms with van der Waals surface area (Å²) in [7, 11) is 0. The second-order valence-electron chi connectivity index (χ2n) is 4.51. The lowest BCUT2D eigenvalue weighted by Gasteiger charge is -2.28. The third kappa shape index (κ3) is 4.14. The highest BCUT2D eigenvalue weighted by molar-refractivity contribution is 5.18. The van der Waals surface area contributed by atoms with Gasteiger partial charge in [-0.2, -0.15) is 0 Å². The first-order valence-electron chi connectivity index (χ1n) is 6.68. The highest BCUT2D eigenvalue weighted by atomic mass is 16.3. The fraction of sp³-hybridized carbons (Fsp3) is 0.600. The molecule has 0 saturated heterocycles. The van der Waals surface area contributed by atoms with E-state index in [1.807, 2.05) is 30.3 Å². The summed E-state index contributed by atoms with van der Waals surface area (Å²) in [6, 6.07) is 9.98. The molecule has 0 aliphatic heterocycles. The van der Waals surface area contributed by atoms with Gasteiger partial charge >= 0.3 is 0 Å². The van der Waals surface area contributed by atoms with Crippen LogP contribution >= 0.6 is 0 Å². The Labute approximate surface area is 105 Å². The number of aliphatic hydroxyl groups excluding tert-OH is 1. The summed E-state index contributed by atoms with van der Waals surface area (Å²) >= 11 is 0. The maximum absolute atomic E-state index is 10.4. The van der Waals surface area contributed by atoms with Gasteiger partial charge in [-0.1, -0.05) is 51.1 Å². The molecule has 2 heteroatoms. The highest BCUT2D eigenvalue weighted by Gasteiger charge is 2.20. The summed E-state index contributed by atoms with van der Waals surface area (Å²) in [5, 5.41) is 10.4. The van der Waals surface area contributed by atoms with Gasteiger partial charge in [-0.05, 0) is 25.1 Å². The van der Waals surface area contributed by atoms with Gasteiger partial charge in [0.1, 0.15) is 0 Å². The summed E-state index contributed by atoms with van der Waals surface area (Å²) in [5.74, 6) is 0.317. The van der Waals surface area contributed by atoms with E-state index < -0.39 is 0 Å². The van der Waals surface area contributed by atoms with E-state index >= 15 is 0 Å². The summed E-state index contributed by atoms with van der Waals surface area (Å²) in [5.41, 5.74) is 1.03. The molecular weight excluding hydrogens is 210 g/mol. The molecule has 17 heavy (non-hydrogen) atoms. The van der Waals surface area contributed by atoms with Crippen molar-refractivity contribution in [3.05, 3.63) is 35.9 Å². The molecule has 0 aliphatic carbocycles. The largest absolute Gasteiger partial charge is 0.388 e.